The molecule has 0 atom stereocenters. The first-order chi connectivity index (χ1) is 36.8. The van der Waals surface area contributed by atoms with Crippen LogP contribution in [0.1, 0.15) is 79.7 Å². The van der Waals surface area contributed by atoms with Gasteiger partial charge < -0.3 is 5.32 Å². The number of aryl methyl sites for hydroxylation is 2. The SMILES string of the molecule is Cc1cc(C)cc(C(=O)NCCc2ccc3c(c2)C(C)(C)C(C)(C)C3(C)C)c1.S=S=S=S=S=S=S=S=S=S=S=S=S=S=S=S=S=S=S=S=S=S=S=S=S=S=S=S=S=S=S=S=S=S=S=S=S=S=S=S=S=S=S=S=S=S=S=S. The van der Waals surface area contributed by atoms with E-state index < -0.39 is 0 Å². The Morgan fingerprint density at radius 2 is 0.618 bits per heavy atom. The van der Waals surface area contributed by atoms with E-state index in [0.29, 0.717) is 6.54 Å². The van der Waals surface area contributed by atoms with Crippen molar-refractivity contribution in [2.24, 2.45) is 5.41 Å². The maximum atomic E-state index is 12.5. The van der Waals surface area contributed by atoms with Gasteiger partial charge in [-0.3, -0.25) is 4.79 Å². The topological polar surface area (TPSA) is 29.1 Å². The van der Waals surface area contributed by atoms with Gasteiger partial charge in [-0.15, -0.1) is 0 Å². The van der Waals surface area contributed by atoms with E-state index in [0.717, 1.165) is 23.1 Å². The molecular weight excluding hydrogens is 1880 g/mol. The van der Waals surface area contributed by atoms with Crippen molar-refractivity contribution in [1.29, 1.82) is 0 Å². The van der Waals surface area contributed by atoms with Crippen LogP contribution in [0.3, 0.4) is 0 Å². The Hall–Kier alpha value is 8.47. The fourth-order valence-corrected chi connectivity index (χ4v) is 126. The van der Waals surface area contributed by atoms with E-state index in [4.69, 9.17) is 22.4 Å². The fraction of sp³-hybridized carbons (Fsp3) is 0.500. The molecule has 1 N–H and O–H groups in total. The van der Waals surface area contributed by atoms with Gasteiger partial charge in [-0.2, -0.15) is 0 Å². The van der Waals surface area contributed by atoms with Crippen LogP contribution in [0.15, 0.2) is 36.4 Å². The van der Waals surface area contributed by atoms with Crippen LogP contribution in [0, 0.1) is 19.3 Å². The molecule has 2 aromatic carbocycles. The number of hydrogen-bond donors (Lipinski definition) is 1. The van der Waals surface area contributed by atoms with E-state index in [-0.39, 0.29) is 22.2 Å². The largest absolute Gasteiger partial charge is 0.352 e. The van der Waals surface area contributed by atoms with Crippen molar-refractivity contribution >= 4 is 437 Å². The van der Waals surface area contributed by atoms with Gasteiger partial charge in [0.15, 0.2) is 0 Å². The third kappa shape index (κ3) is 39.0. The summed E-state index contributed by atoms with van der Waals surface area (Å²) in [4.78, 5) is 12.5. The van der Waals surface area contributed by atoms with Gasteiger partial charge in [-0.25, -0.2) is 0 Å². The van der Waals surface area contributed by atoms with Crippen molar-refractivity contribution in [2.45, 2.75) is 72.6 Å². The van der Waals surface area contributed by atoms with Crippen molar-refractivity contribution in [1.82, 2.24) is 5.32 Å². The van der Waals surface area contributed by atoms with Crippen molar-refractivity contribution in [3.8, 4) is 0 Å². The highest BCUT2D eigenvalue weighted by molar-refractivity contribution is 8.82. The monoisotopic (exact) mass is 1910 g/mol. The third-order valence-electron chi connectivity index (χ3n) is 8.99. The minimum Gasteiger partial charge on any atom is -0.352 e. The standard InChI is InChI=1S/C26H35NO.S48/c1-17-13-18(2)15-20(14-17)23(28)27-12-11-19-9-10-21-22(16-19)25(5,6)26(7,8)24(21,3)4;1-3-5-7-9-11-13-15-17-19-21-23-25-27-29-31-33-35-37-39-41-43-45-47-48-46-44-42-40-38-36-34-32-30-28-26-24-22-20-18-16-14-12-10-8-6-4-2/h9-10,13-16H,11-12H2,1-8H3,(H,27,28);. The number of carbonyl (C=O) groups excluding carboxylic acids is 1. The summed E-state index contributed by atoms with van der Waals surface area (Å²) in [6.45, 7) is 18.9. The molecule has 0 spiro atoms. The zero-order valence-corrected chi connectivity index (χ0v) is 77.6. The van der Waals surface area contributed by atoms with Gasteiger partial charge in [-0.05, 0) is 65.3 Å². The predicted molar refractivity (Wildman–Crippen MR) is 472 cm³/mol. The molecule has 0 bridgehead atoms. The summed E-state index contributed by atoms with van der Waals surface area (Å²) in [5, 5.41) is 3.08. The number of fused-ring (bicyclic) bond motifs is 1. The number of benzene rings is 2. The van der Waals surface area contributed by atoms with Crippen molar-refractivity contribution in [2.75, 3.05) is 6.54 Å². The normalized spacial score (nSPS) is 11.7. The fourth-order valence-electron chi connectivity index (χ4n) is 5.29. The molecule has 0 radical (unpaired) electrons. The van der Waals surface area contributed by atoms with Crippen molar-refractivity contribution in [3.05, 3.63) is 69.8 Å². The molecule has 0 saturated carbocycles. The van der Waals surface area contributed by atoms with Crippen molar-refractivity contribution in [3.63, 3.8) is 0 Å². The molecular formula is C26H35NOS48. The third-order valence-corrected chi connectivity index (χ3v) is 109. The van der Waals surface area contributed by atoms with Gasteiger partial charge in [-0.1, -0.05) is 76.9 Å². The molecule has 50 heteroatoms. The van der Waals surface area contributed by atoms with Gasteiger partial charge in [0.2, 0.25) is 0 Å². The molecule has 0 aliphatic heterocycles. The molecule has 2 aromatic rings. The van der Waals surface area contributed by atoms with E-state index in [1.165, 1.54) is 34.5 Å². The number of rotatable bonds is 4. The van der Waals surface area contributed by atoms with Crippen LogP contribution in [0.4, 0.5) is 0 Å². The van der Waals surface area contributed by atoms with Gasteiger partial charge in [0.05, 0.1) is 0 Å². The lowest BCUT2D eigenvalue weighted by molar-refractivity contribution is 0.0954. The van der Waals surface area contributed by atoms with Crippen LogP contribution in [0.2, 0.25) is 0 Å². The smallest absolute Gasteiger partial charge is 0.251 e. The first-order valence-electron chi connectivity index (χ1n) is 18.2. The van der Waals surface area contributed by atoms with Crippen LogP contribution >= 0.6 is 0 Å². The van der Waals surface area contributed by atoms with Crippen LogP contribution in [0.25, 0.3) is 0 Å². The van der Waals surface area contributed by atoms with Gasteiger partial charge >= 0.3 is 0 Å². The minimum absolute atomic E-state index is 0.00977. The Morgan fingerprint density at radius 1 is 0.368 bits per heavy atom. The van der Waals surface area contributed by atoms with Crippen molar-refractivity contribution < 1.29 is 4.79 Å². The summed E-state index contributed by atoms with van der Waals surface area (Å²) in [5.74, 6) is 0.00977. The molecule has 438 valence electrons. The first kappa shape index (κ1) is 80.6. The second-order valence-electron chi connectivity index (χ2n) is 13.3. The summed E-state index contributed by atoms with van der Waals surface area (Å²) in [6, 6.07) is 12.9. The minimum atomic E-state index is 0.00977. The summed E-state index contributed by atoms with van der Waals surface area (Å²) in [7, 11) is 82.0. The Balaban J connectivity index is 0.000000591. The lowest BCUT2D eigenvalue weighted by Crippen LogP contribution is -2.42. The molecule has 0 saturated heterocycles. The lowest BCUT2D eigenvalue weighted by Gasteiger charge is -2.44. The van der Waals surface area contributed by atoms with E-state index in [2.05, 4.69) is 71.1 Å². The number of amides is 1. The molecule has 0 aromatic heterocycles. The maximum absolute atomic E-state index is 12.5. The average molecular weight is 1920 g/mol. The van der Waals surface area contributed by atoms with E-state index in [1.807, 2.05) is 310 Å². The van der Waals surface area contributed by atoms with Gasteiger partial charge in [0.1, 0.15) is 0 Å². The molecule has 1 aliphatic rings. The molecule has 1 aliphatic carbocycles. The molecule has 0 heterocycles. The Morgan fingerprint density at radius 3 is 0.882 bits per heavy atom. The van der Waals surface area contributed by atoms with E-state index in [1.54, 1.807) is 107 Å². The Kier molecular flexibility index (Phi) is 57.3. The molecule has 0 fully saturated rings. The summed E-state index contributed by atoms with van der Waals surface area (Å²) in [5.41, 5.74) is 7.64. The lowest BCUT2D eigenvalue weighted by atomic mass is 9.59. The van der Waals surface area contributed by atoms with Crippen LogP contribution in [-0.4, -0.2) is 12.5 Å². The number of hydrogen-bond acceptors (Lipinski definition) is 3. The predicted octanol–water partition coefficient (Wildman–Crippen LogP) is 5.76. The molecule has 3 rings (SSSR count). The van der Waals surface area contributed by atoms with E-state index in [9.17, 15) is 4.79 Å². The molecule has 2 nitrogen and oxygen atoms in total. The first-order valence-corrected chi connectivity index (χ1v) is 80.9. The maximum Gasteiger partial charge on any atom is 0.251 e. The quantitative estimate of drug-likeness (QED) is 0.423. The van der Waals surface area contributed by atoms with Crippen LogP contribution < -0.4 is 5.32 Å². The average Bonchev–Trinajstić information content (AvgIpc) is 3.55. The second kappa shape index (κ2) is 54.1. The summed E-state index contributed by atoms with van der Waals surface area (Å²) < 4.78 is 0. The zero-order valence-electron chi connectivity index (χ0n) is 38.4. The zero-order chi connectivity index (χ0) is 55.4. The molecule has 76 heavy (non-hydrogen) atoms. The van der Waals surface area contributed by atoms with E-state index >= 15 is 0 Å². The highest BCUT2D eigenvalue weighted by Crippen LogP contribution is 2.61. The Labute approximate surface area is 587 Å². The number of carbonyl (C=O) groups is 1. The highest BCUT2D eigenvalue weighted by atomic mass is 33.5. The molecule has 1 amide bonds. The van der Waals surface area contributed by atoms with Gasteiger partial charge in [0.25, 0.3) is 5.91 Å². The van der Waals surface area contributed by atoms with Gasteiger partial charge in [0, 0.05) is 443 Å². The second-order valence-corrected chi connectivity index (χ2v) is 94.6. The summed E-state index contributed by atoms with van der Waals surface area (Å²) in [6.07, 6.45) is 0.848. The van der Waals surface area contributed by atoms with Crippen LogP contribution in [0.5, 0.6) is 0 Å². The Bertz CT molecular complexity index is 4500. The number of nitrogens with one attached hydrogen (secondary N) is 1. The van der Waals surface area contributed by atoms with Crippen LogP contribution in [-0.2, 0) is 448 Å². The summed E-state index contributed by atoms with van der Waals surface area (Å²) >= 11 is 9.62. The highest BCUT2D eigenvalue weighted by Gasteiger charge is 2.56. The molecule has 0 unspecified atom stereocenters.